The zero-order valence-corrected chi connectivity index (χ0v) is 10.1. The van der Waals surface area contributed by atoms with Crippen LogP contribution in [0.1, 0.15) is 33.6 Å². The summed E-state index contributed by atoms with van der Waals surface area (Å²) in [6, 6.07) is -0.884. The van der Waals surface area contributed by atoms with E-state index in [-0.39, 0.29) is 6.61 Å². The number of hydrogen-bond donors (Lipinski definition) is 3. The lowest BCUT2D eigenvalue weighted by Crippen LogP contribution is -2.47. The SMILES string of the molecule is CCC(N)(CC)COC(C)C(=O)NC(N)=O. The number of amides is 3. The first kappa shape index (κ1) is 14.9. The smallest absolute Gasteiger partial charge is 0.318 e. The molecule has 1 unspecified atom stereocenters. The third-order valence-electron chi connectivity index (χ3n) is 2.64. The summed E-state index contributed by atoms with van der Waals surface area (Å²) in [5.41, 5.74) is 10.4. The van der Waals surface area contributed by atoms with Crippen LogP contribution in [0.3, 0.4) is 0 Å². The van der Waals surface area contributed by atoms with Crippen molar-refractivity contribution in [1.29, 1.82) is 0 Å². The van der Waals surface area contributed by atoms with E-state index in [1.807, 2.05) is 19.2 Å². The Hall–Kier alpha value is -1.14. The molecule has 0 radical (unpaired) electrons. The fourth-order valence-corrected chi connectivity index (χ4v) is 1.04. The van der Waals surface area contributed by atoms with Crippen molar-refractivity contribution in [3.05, 3.63) is 0 Å². The van der Waals surface area contributed by atoms with Crippen LogP contribution in [0, 0.1) is 0 Å². The van der Waals surface area contributed by atoms with Crippen LogP contribution in [0.5, 0.6) is 0 Å². The van der Waals surface area contributed by atoms with Gasteiger partial charge in [-0.25, -0.2) is 4.79 Å². The number of hydrogen-bond acceptors (Lipinski definition) is 4. The lowest BCUT2D eigenvalue weighted by Gasteiger charge is -2.27. The summed E-state index contributed by atoms with van der Waals surface area (Å²) in [6.07, 6.45) is 0.773. The van der Waals surface area contributed by atoms with Crippen LogP contribution in [-0.2, 0) is 9.53 Å². The third-order valence-corrected chi connectivity index (χ3v) is 2.64. The van der Waals surface area contributed by atoms with E-state index >= 15 is 0 Å². The van der Waals surface area contributed by atoms with Gasteiger partial charge in [-0.15, -0.1) is 0 Å². The Labute approximate surface area is 95.7 Å². The fourth-order valence-electron chi connectivity index (χ4n) is 1.04. The minimum atomic E-state index is -0.884. The summed E-state index contributed by atoms with van der Waals surface area (Å²) in [5, 5.41) is 1.95. The molecule has 0 bridgehead atoms. The van der Waals surface area contributed by atoms with E-state index in [2.05, 4.69) is 0 Å². The number of ether oxygens (including phenoxy) is 1. The Kier molecular flexibility index (Phi) is 5.98. The van der Waals surface area contributed by atoms with E-state index in [4.69, 9.17) is 16.2 Å². The van der Waals surface area contributed by atoms with Crippen molar-refractivity contribution in [2.45, 2.75) is 45.3 Å². The molecule has 0 saturated carbocycles. The van der Waals surface area contributed by atoms with Gasteiger partial charge < -0.3 is 16.2 Å². The van der Waals surface area contributed by atoms with E-state index in [9.17, 15) is 9.59 Å². The zero-order valence-electron chi connectivity index (χ0n) is 10.1. The first-order valence-corrected chi connectivity index (χ1v) is 5.35. The van der Waals surface area contributed by atoms with Gasteiger partial charge in [0.2, 0.25) is 0 Å². The van der Waals surface area contributed by atoms with Gasteiger partial charge in [-0.2, -0.15) is 0 Å². The summed E-state index contributed by atoms with van der Waals surface area (Å²) >= 11 is 0. The van der Waals surface area contributed by atoms with Gasteiger partial charge in [0.25, 0.3) is 5.91 Å². The first-order chi connectivity index (χ1) is 7.34. The van der Waals surface area contributed by atoms with Crippen LogP contribution in [0.25, 0.3) is 0 Å². The second-order valence-corrected chi connectivity index (χ2v) is 3.88. The first-order valence-electron chi connectivity index (χ1n) is 5.35. The molecule has 16 heavy (non-hydrogen) atoms. The minimum absolute atomic E-state index is 0.271. The van der Waals surface area contributed by atoms with Gasteiger partial charge in [-0.3, -0.25) is 10.1 Å². The molecule has 0 aromatic carbocycles. The monoisotopic (exact) mass is 231 g/mol. The Balaban J connectivity index is 4.10. The molecule has 0 aromatic heterocycles. The summed E-state index contributed by atoms with van der Waals surface area (Å²) in [5.74, 6) is -0.554. The molecule has 0 saturated heterocycles. The molecule has 6 heteroatoms. The molecule has 0 aromatic rings. The highest BCUT2D eigenvalue weighted by molar-refractivity contribution is 5.95. The van der Waals surface area contributed by atoms with Crippen LogP contribution in [0.4, 0.5) is 4.79 Å². The van der Waals surface area contributed by atoms with Crippen molar-refractivity contribution >= 4 is 11.9 Å². The van der Waals surface area contributed by atoms with Crippen molar-refractivity contribution in [2.75, 3.05) is 6.61 Å². The molecule has 1 atom stereocenters. The summed E-state index contributed by atoms with van der Waals surface area (Å²) < 4.78 is 5.31. The third kappa shape index (κ3) is 5.09. The highest BCUT2D eigenvalue weighted by atomic mass is 16.5. The maximum absolute atomic E-state index is 11.3. The molecule has 5 N–H and O–H groups in total. The second kappa shape index (κ2) is 6.44. The number of nitrogens with two attached hydrogens (primary N) is 2. The minimum Gasteiger partial charge on any atom is -0.367 e. The highest BCUT2D eigenvalue weighted by Crippen LogP contribution is 2.12. The number of urea groups is 1. The summed E-state index contributed by atoms with van der Waals surface area (Å²) in [7, 11) is 0. The van der Waals surface area contributed by atoms with Gasteiger partial charge in [0.15, 0.2) is 0 Å². The van der Waals surface area contributed by atoms with Gasteiger partial charge in [0.05, 0.1) is 6.61 Å². The highest BCUT2D eigenvalue weighted by Gasteiger charge is 2.24. The van der Waals surface area contributed by atoms with Gasteiger partial charge >= 0.3 is 6.03 Å². The Bertz CT molecular complexity index is 252. The van der Waals surface area contributed by atoms with Crippen LogP contribution in [0.2, 0.25) is 0 Å². The average molecular weight is 231 g/mol. The van der Waals surface area contributed by atoms with Crippen molar-refractivity contribution in [2.24, 2.45) is 11.5 Å². The number of nitrogens with one attached hydrogen (secondary N) is 1. The molecule has 0 heterocycles. The Morgan fingerprint density at radius 1 is 1.38 bits per heavy atom. The normalized spacial score (nSPS) is 13.2. The van der Waals surface area contributed by atoms with Crippen molar-refractivity contribution in [3.8, 4) is 0 Å². The molecule has 3 amide bonds. The topological polar surface area (TPSA) is 107 Å². The fraction of sp³-hybridized carbons (Fsp3) is 0.800. The van der Waals surface area contributed by atoms with Crippen LogP contribution in [0.15, 0.2) is 0 Å². The van der Waals surface area contributed by atoms with Crippen molar-refractivity contribution in [1.82, 2.24) is 5.32 Å². The van der Waals surface area contributed by atoms with Gasteiger partial charge in [-0.05, 0) is 19.8 Å². The van der Waals surface area contributed by atoms with Crippen LogP contribution in [-0.4, -0.2) is 30.2 Å². The molecule has 0 spiro atoms. The number of primary amides is 1. The van der Waals surface area contributed by atoms with Crippen molar-refractivity contribution in [3.63, 3.8) is 0 Å². The maximum atomic E-state index is 11.3. The molecule has 0 rings (SSSR count). The predicted octanol–water partition coefficient (Wildman–Crippen LogP) is 0.104. The molecular weight excluding hydrogens is 210 g/mol. The number of carbonyl (C=O) groups excluding carboxylic acids is 2. The molecule has 0 aliphatic rings. The molecule has 0 fully saturated rings. The lowest BCUT2D eigenvalue weighted by molar-refractivity contribution is -0.131. The van der Waals surface area contributed by atoms with E-state index in [0.29, 0.717) is 0 Å². The average Bonchev–Trinajstić information content (AvgIpc) is 2.24. The van der Waals surface area contributed by atoms with Crippen LogP contribution >= 0.6 is 0 Å². The zero-order chi connectivity index (χ0) is 12.8. The van der Waals surface area contributed by atoms with E-state index in [1.165, 1.54) is 0 Å². The summed E-state index contributed by atoms with van der Waals surface area (Å²) in [4.78, 5) is 21.7. The summed E-state index contributed by atoms with van der Waals surface area (Å²) in [6.45, 7) is 5.74. The van der Waals surface area contributed by atoms with Gasteiger partial charge in [-0.1, -0.05) is 13.8 Å². The molecular formula is C10H21N3O3. The number of rotatable bonds is 6. The van der Waals surface area contributed by atoms with E-state index < -0.39 is 23.6 Å². The standard InChI is InChI=1S/C10H21N3O3/c1-4-10(12,5-2)6-16-7(3)8(14)13-9(11)15/h7H,4-6,12H2,1-3H3,(H3,11,13,14,15). The lowest BCUT2D eigenvalue weighted by atomic mass is 9.95. The van der Waals surface area contributed by atoms with Gasteiger partial charge in [0, 0.05) is 5.54 Å². The van der Waals surface area contributed by atoms with E-state index in [0.717, 1.165) is 12.8 Å². The van der Waals surface area contributed by atoms with Crippen molar-refractivity contribution < 1.29 is 14.3 Å². The van der Waals surface area contributed by atoms with E-state index in [1.54, 1.807) is 6.92 Å². The number of imide groups is 1. The predicted molar refractivity (Wildman–Crippen MR) is 60.6 cm³/mol. The Morgan fingerprint density at radius 3 is 2.25 bits per heavy atom. The second-order valence-electron chi connectivity index (χ2n) is 3.88. The van der Waals surface area contributed by atoms with Gasteiger partial charge in [0.1, 0.15) is 6.10 Å². The molecule has 0 aliphatic heterocycles. The number of carbonyl (C=O) groups is 2. The molecule has 6 nitrogen and oxygen atoms in total. The quantitative estimate of drug-likeness (QED) is 0.602. The molecule has 94 valence electrons. The Morgan fingerprint density at radius 2 is 1.88 bits per heavy atom. The molecule has 0 aliphatic carbocycles. The van der Waals surface area contributed by atoms with Crippen LogP contribution < -0.4 is 16.8 Å². The largest absolute Gasteiger partial charge is 0.367 e. The maximum Gasteiger partial charge on any atom is 0.318 e.